The zero-order valence-corrected chi connectivity index (χ0v) is 12.0. The van der Waals surface area contributed by atoms with Crippen LogP contribution in [0.1, 0.15) is 43.0 Å². The Morgan fingerprint density at radius 3 is 2.80 bits per heavy atom. The number of amides is 1. The van der Waals surface area contributed by atoms with Crippen molar-refractivity contribution in [1.29, 1.82) is 0 Å². The van der Waals surface area contributed by atoms with E-state index in [-0.39, 0.29) is 5.91 Å². The van der Waals surface area contributed by atoms with Gasteiger partial charge in [0.1, 0.15) is 0 Å². The second-order valence-corrected chi connectivity index (χ2v) is 6.02. The molecule has 1 aliphatic carbocycles. The Morgan fingerprint density at radius 1 is 1.45 bits per heavy atom. The van der Waals surface area contributed by atoms with Crippen LogP contribution in [0.25, 0.3) is 0 Å². The maximum atomic E-state index is 12.3. The Morgan fingerprint density at radius 2 is 2.20 bits per heavy atom. The van der Waals surface area contributed by atoms with Crippen molar-refractivity contribution in [2.24, 2.45) is 5.41 Å². The highest BCUT2D eigenvalue weighted by atomic mass is 16.5. The number of nitrogens with zero attached hydrogens (tertiary/aromatic N) is 2. The molecule has 4 nitrogen and oxygen atoms in total. The van der Waals surface area contributed by atoms with Crippen LogP contribution in [0.4, 0.5) is 0 Å². The van der Waals surface area contributed by atoms with Crippen molar-refractivity contribution in [3.8, 4) is 0 Å². The summed E-state index contributed by atoms with van der Waals surface area (Å²) in [6.07, 6.45) is 8.39. The maximum Gasteiger partial charge on any atom is 0.255 e. The van der Waals surface area contributed by atoms with E-state index in [2.05, 4.69) is 11.9 Å². The third kappa shape index (κ3) is 2.57. The van der Waals surface area contributed by atoms with Gasteiger partial charge in [-0.3, -0.25) is 9.78 Å². The van der Waals surface area contributed by atoms with Gasteiger partial charge in [0, 0.05) is 32.1 Å². The summed E-state index contributed by atoms with van der Waals surface area (Å²) in [7, 11) is 0. The number of hydrogen-bond acceptors (Lipinski definition) is 3. The van der Waals surface area contributed by atoms with Crippen molar-refractivity contribution in [3.05, 3.63) is 30.1 Å². The fourth-order valence-electron chi connectivity index (χ4n) is 3.52. The third-order valence-corrected chi connectivity index (χ3v) is 4.74. The van der Waals surface area contributed by atoms with Gasteiger partial charge in [-0.05, 0) is 50.2 Å². The lowest BCUT2D eigenvalue weighted by molar-refractivity contribution is -0.0980. The average Bonchev–Trinajstić information content (AvgIpc) is 2.47. The first-order valence-corrected chi connectivity index (χ1v) is 7.53. The average molecular weight is 274 g/mol. The summed E-state index contributed by atoms with van der Waals surface area (Å²) in [5.74, 6) is 0.119. The molecule has 2 fully saturated rings. The van der Waals surface area contributed by atoms with Crippen molar-refractivity contribution in [3.63, 3.8) is 0 Å². The van der Waals surface area contributed by atoms with Crippen molar-refractivity contribution < 1.29 is 9.53 Å². The number of piperidine rings is 1. The molecule has 3 rings (SSSR count). The molecular formula is C16H22N2O2. The minimum atomic E-state index is 0.119. The number of pyridine rings is 1. The molecule has 1 aromatic rings. The summed E-state index contributed by atoms with van der Waals surface area (Å²) >= 11 is 0. The highest BCUT2D eigenvalue weighted by Gasteiger charge is 2.46. The largest absolute Gasteiger partial charge is 0.378 e. The van der Waals surface area contributed by atoms with Crippen molar-refractivity contribution in [1.82, 2.24) is 9.88 Å². The highest BCUT2D eigenvalue weighted by Crippen LogP contribution is 2.50. The molecule has 0 radical (unpaired) electrons. The second-order valence-electron chi connectivity index (χ2n) is 6.02. The summed E-state index contributed by atoms with van der Waals surface area (Å²) in [6, 6.07) is 3.66. The Hall–Kier alpha value is -1.42. The molecule has 108 valence electrons. The molecule has 0 atom stereocenters. The maximum absolute atomic E-state index is 12.3. The molecule has 0 unspecified atom stereocenters. The highest BCUT2D eigenvalue weighted by molar-refractivity contribution is 5.93. The molecule has 1 aromatic heterocycles. The number of carbonyl (C=O) groups is 1. The fourth-order valence-corrected chi connectivity index (χ4v) is 3.52. The fraction of sp³-hybridized carbons (Fsp3) is 0.625. The zero-order valence-electron chi connectivity index (χ0n) is 12.0. The molecular weight excluding hydrogens is 252 g/mol. The standard InChI is InChI=1S/C16H22N2O2/c1-2-20-14-10-16(11-14)5-8-18(9-6-16)15(19)13-4-3-7-17-12-13/h3-4,7,12,14H,2,5-6,8-11H2,1H3. The monoisotopic (exact) mass is 274 g/mol. The SMILES string of the molecule is CCOC1CC2(CCN(C(=O)c3cccnc3)CC2)C1. The predicted molar refractivity (Wildman–Crippen MR) is 76.5 cm³/mol. The zero-order chi connectivity index (χ0) is 14.0. The van der Waals surface area contributed by atoms with Crippen LogP contribution in [0.2, 0.25) is 0 Å². The van der Waals surface area contributed by atoms with E-state index in [4.69, 9.17) is 4.74 Å². The quantitative estimate of drug-likeness (QED) is 0.850. The molecule has 0 aromatic carbocycles. The first kappa shape index (κ1) is 13.6. The molecule has 2 heterocycles. The molecule has 0 N–H and O–H groups in total. The van der Waals surface area contributed by atoms with E-state index < -0.39 is 0 Å². The van der Waals surface area contributed by atoms with Gasteiger partial charge in [-0.25, -0.2) is 0 Å². The van der Waals surface area contributed by atoms with Gasteiger partial charge >= 0.3 is 0 Å². The summed E-state index contributed by atoms with van der Waals surface area (Å²) in [6.45, 7) is 4.60. The molecule has 1 aliphatic heterocycles. The van der Waals surface area contributed by atoms with Gasteiger partial charge in [0.05, 0.1) is 11.7 Å². The minimum absolute atomic E-state index is 0.119. The van der Waals surface area contributed by atoms with Crippen LogP contribution in [-0.4, -0.2) is 41.6 Å². The first-order chi connectivity index (χ1) is 9.72. The number of ether oxygens (including phenoxy) is 1. The van der Waals surface area contributed by atoms with Crippen LogP contribution in [0.3, 0.4) is 0 Å². The number of likely N-dealkylation sites (tertiary alicyclic amines) is 1. The van der Waals surface area contributed by atoms with E-state index in [1.165, 1.54) is 12.8 Å². The van der Waals surface area contributed by atoms with Gasteiger partial charge < -0.3 is 9.64 Å². The van der Waals surface area contributed by atoms with E-state index in [0.717, 1.165) is 32.5 Å². The van der Waals surface area contributed by atoms with Crippen molar-refractivity contribution in [2.75, 3.05) is 19.7 Å². The summed E-state index contributed by atoms with van der Waals surface area (Å²) < 4.78 is 5.66. The van der Waals surface area contributed by atoms with Gasteiger partial charge in [0.2, 0.25) is 0 Å². The number of aromatic nitrogens is 1. The lowest BCUT2D eigenvalue weighted by atomic mass is 9.61. The van der Waals surface area contributed by atoms with Crippen molar-refractivity contribution >= 4 is 5.91 Å². The Bertz CT molecular complexity index is 459. The predicted octanol–water partition coefficient (Wildman–Crippen LogP) is 2.50. The Labute approximate surface area is 120 Å². The summed E-state index contributed by atoms with van der Waals surface area (Å²) in [5, 5.41) is 0. The van der Waals surface area contributed by atoms with Gasteiger partial charge in [-0.1, -0.05) is 0 Å². The van der Waals surface area contributed by atoms with Crippen LogP contribution < -0.4 is 0 Å². The molecule has 0 bridgehead atoms. The van der Waals surface area contributed by atoms with E-state index in [1.54, 1.807) is 12.4 Å². The minimum Gasteiger partial charge on any atom is -0.378 e. The van der Waals surface area contributed by atoms with Crippen LogP contribution in [0.5, 0.6) is 0 Å². The topological polar surface area (TPSA) is 42.4 Å². The molecule has 1 amide bonds. The lowest BCUT2D eigenvalue weighted by Gasteiger charge is -2.51. The molecule has 2 aliphatic rings. The first-order valence-electron chi connectivity index (χ1n) is 7.53. The van der Waals surface area contributed by atoms with Crippen LogP contribution in [-0.2, 0) is 4.74 Å². The van der Waals surface area contributed by atoms with E-state index in [0.29, 0.717) is 17.1 Å². The van der Waals surface area contributed by atoms with Gasteiger partial charge in [0.15, 0.2) is 0 Å². The number of rotatable bonds is 3. The molecule has 4 heteroatoms. The summed E-state index contributed by atoms with van der Waals surface area (Å²) in [5.41, 5.74) is 1.15. The molecule has 1 saturated heterocycles. The molecule has 1 saturated carbocycles. The third-order valence-electron chi connectivity index (χ3n) is 4.74. The second kappa shape index (κ2) is 5.52. The van der Waals surface area contributed by atoms with Crippen LogP contribution >= 0.6 is 0 Å². The molecule has 20 heavy (non-hydrogen) atoms. The van der Waals surface area contributed by atoms with Crippen LogP contribution in [0, 0.1) is 5.41 Å². The Balaban J connectivity index is 1.53. The smallest absolute Gasteiger partial charge is 0.255 e. The normalized spacial score (nSPS) is 21.8. The van der Waals surface area contributed by atoms with Gasteiger partial charge in [0.25, 0.3) is 5.91 Å². The number of hydrogen-bond donors (Lipinski definition) is 0. The van der Waals surface area contributed by atoms with Crippen molar-refractivity contribution in [2.45, 2.75) is 38.7 Å². The van der Waals surface area contributed by atoms with Gasteiger partial charge in [-0.15, -0.1) is 0 Å². The van der Waals surface area contributed by atoms with Gasteiger partial charge in [-0.2, -0.15) is 0 Å². The van der Waals surface area contributed by atoms with E-state index in [9.17, 15) is 4.79 Å². The number of carbonyl (C=O) groups excluding carboxylic acids is 1. The summed E-state index contributed by atoms with van der Waals surface area (Å²) in [4.78, 5) is 18.3. The lowest BCUT2D eigenvalue weighted by Crippen LogP contribution is -2.51. The van der Waals surface area contributed by atoms with E-state index in [1.807, 2.05) is 17.0 Å². The Kier molecular flexibility index (Phi) is 3.74. The van der Waals surface area contributed by atoms with E-state index >= 15 is 0 Å². The van der Waals surface area contributed by atoms with Crippen LogP contribution in [0.15, 0.2) is 24.5 Å². The molecule has 1 spiro atoms.